The van der Waals surface area contributed by atoms with Crippen LogP contribution in [-0.2, 0) is 0 Å². The minimum Gasteiger partial charge on any atom is -0.366 e. The topological polar surface area (TPSA) is 64.7 Å². The molecule has 154 valence electrons. The average Bonchev–Trinajstić information content (AvgIpc) is 3.23. The zero-order valence-electron chi connectivity index (χ0n) is 16.2. The molecular formula is C22H21FN4O2S. The van der Waals surface area contributed by atoms with Crippen molar-refractivity contribution < 1.29 is 14.0 Å². The molecule has 3 aromatic rings. The Morgan fingerprint density at radius 1 is 0.833 bits per heavy atom. The van der Waals surface area contributed by atoms with Crippen molar-refractivity contribution in [3.05, 3.63) is 77.4 Å². The molecule has 1 aliphatic heterocycles. The molecule has 8 heteroatoms. The van der Waals surface area contributed by atoms with Crippen LogP contribution in [-0.4, -0.2) is 43.0 Å². The number of urea groups is 1. The van der Waals surface area contributed by atoms with E-state index in [-0.39, 0.29) is 17.8 Å². The van der Waals surface area contributed by atoms with Crippen molar-refractivity contribution in [1.82, 2.24) is 4.90 Å². The van der Waals surface area contributed by atoms with E-state index in [0.717, 1.165) is 0 Å². The number of hydrogen-bond acceptors (Lipinski definition) is 4. The van der Waals surface area contributed by atoms with Gasteiger partial charge in [-0.2, -0.15) is 0 Å². The predicted octanol–water partition coefficient (Wildman–Crippen LogP) is 4.49. The number of nitrogens with one attached hydrogen (secondary N) is 2. The molecule has 3 amide bonds. The van der Waals surface area contributed by atoms with E-state index < -0.39 is 0 Å². The molecule has 30 heavy (non-hydrogen) atoms. The Kier molecular flexibility index (Phi) is 5.94. The number of amides is 3. The lowest BCUT2D eigenvalue weighted by Gasteiger charge is -2.36. The summed E-state index contributed by atoms with van der Waals surface area (Å²) in [6, 6.07) is 18.9. The molecule has 0 bridgehead atoms. The molecule has 0 saturated carbocycles. The molecule has 0 unspecified atom stereocenters. The van der Waals surface area contributed by atoms with Gasteiger partial charge in [-0.25, -0.2) is 9.18 Å². The quantitative estimate of drug-likeness (QED) is 0.649. The zero-order chi connectivity index (χ0) is 20.9. The van der Waals surface area contributed by atoms with Gasteiger partial charge in [0, 0.05) is 31.9 Å². The molecule has 6 nitrogen and oxygen atoms in total. The normalized spacial score (nSPS) is 13.8. The van der Waals surface area contributed by atoms with Gasteiger partial charge in [0.2, 0.25) is 0 Å². The van der Waals surface area contributed by atoms with Gasteiger partial charge >= 0.3 is 6.03 Å². The van der Waals surface area contributed by atoms with Crippen LogP contribution in [0.3, 0.4) is 0 Å². The smallest absolute Gasteiger partial charge is 0.324 e. The van der Waals surface area contributed by atoms with Crippen LogP contribution >= 0.6 is 11.3 Å². The van der Waals surface area contributed by atoms with Crippen LogP contribution in [0.1, 0.15) is 9.67 Å². The van der Waals surface area contributed by atoms with Gasteiger partial charge in [0.05, 0.1) is 15.6 Å². The van der Waals surface area contributed by atoms with Crippen molar-refractivity contribution in [3.63, 3.8) is 0 Å². The number of nitrogens with zero attached hydrogens (tertiary/aromatic N) is 2. The highest BCUT2D eigenvalue weighted by atomic mass is 32.1. The summed E-state index contributed by atoms with van der Waals surface area (Å²) in [5.74, 6) is -0.329. The van der Waals surface area contributed by atoms with E-state index in [4.69, 9.17) is 0 Å². The number of halogens is 1. The molecule has 0 atom stereocenters. The van der Waals surface area contributed by atoms with Crippen molar-refractivity contribution in [3.8, 4) is 0 Å². The van der Waals surface area contributed by atoms with Crippen LogP contribution in [0.5, 0.6) is 0 Å². The highest BCUT2D eigenvalue weighted by Gasteiger charge is 2.24. The summed E-state index contributed by atoms with van der Waals surface area (Å²) in [5.41, 5.74) is 1.26. The fraction of sp³-hybridized carbons (Fsp3) is 0.182. The predicted molar refractivity (Wildman–Crippen MR) is 118 cm³/mol. The lowest BCUT2D eigenvalue weighted by Crippen LogP contribution is -2.48. The van der Waals surface area contributed by atoms with Crippen molar-refractivity contribution >= 4 is 39.7 Å². The zero-order valence-corrected chi connectivity index (χ0v) is 17.0. The largest absolute Gasteiger partial charge is 0.366 e. The van der Waals surface area contributed by atoms with Crippen LogP contribution in [0, 0.1) is 5.82 Å². The van der Waals surface area contributed by atoms with Crippen LogP contribution in [0.4, 0.5) is 25.6 Å². The van der Waals surface area contributed by atoms with Crippen LogP contribution in [0.25, 0.3) is 0 Å². The number of rotatable bonds is 4. The Labute approximate surface area is 177 Å². The van der Waals surface area contributed by atoms with Gasteiger partial charge in [-0.1, -0.05) is 30.3 Å². The van der Waals surface area contributed by atoms with Crippen molar-refractivity contribution in [2.75, 3.05) is 41.7 Å². The monoisotopic (exact) mass is 424 g/mol. The first-order valence-electron chi connectivity index (χ1n) is 9.62. The molecule has 1 aromatic heterocycles. The van der Waals surface area contributed by atoms with Gasteiger partial charge in [-0.15, -0.1) is 11.3 Å². The molecule has 2 aromatic carbocycles. The summed E-state index contributed by atoms with van der Waals surface area (Å²) >= 11 is 1.24. The summed E-state index contributed by atoms with van der Waals surface area (Å²) in [5, 5.41) is 6.09. The Morgan fingerprint density at radius 3 is 2.27 bits per heavy atom. The van der Waals surface area contributed by atoms with Crippen LogP contribution in [0.2, 0.25) is 0 Å². The van der Waals surface area contributed by atoms with Gasteiger partial charge < -0.3 is 15.1 Å². The van der Waals surface area contributed by atoms with E-state index in [0.29, 0.717) is 47.4 Å². The fourth-order valence-electron chi connectivity index (χ4n) is 3.33. The first kappa shape index (κ1) is 19.9. The highest BCUT2D eigenvalue weighted by molar-refractivity contribution is 7.18. The summed E-state index contributed by atoms with van der Waals surface area (Å²) < 4.78 is 14.0. The van der Waals surface area contributed by atoms with E-state index in [1.165, 1.54) is 17.4 Å². The first-order chi connectivity index (χ1) is 14.6. The third-order valence-electron chi connectivity index (χ3n) is 4.85. The number of hydrogen-bond donors (Lipinski definition) is 2. The summed E-state index contributed by atoms with van der Waals surface area (Å²) in [4.78, 5) is 29.2. The molecule has 4 rings (SSSR count). The summed E-state index contributed by atoms with van der Waals surface area (Å²) in [6.45, 7) is 2.18. The molecule has 2 heterocycles. The maximum atomic E-state index is 14.0. The fourth-order valence-corrected chi connectivity index (χ4v) is 4.20. The van der Waals surface area contributed by atoms with Gasteiger partial charge in [0.25, 0.3) is 5.91 Å². The summed E-state index contributed by atoms with van der Waals surface area (Å²) in [7, 11) is 0. The SMILES string of the molecule is O=C(Nc1ccccc1)Nc1ccc(C(=O)N2CCN(c3ccccc3F)CC2)s1. The second kappa shape index (κ2) is 8.96. The minimum absolute atomic E-state index is 0.0790. The van der Waals surface area contributed by atoms with E-state index in [1.54, 1.807) is 41.3 Å². The first-order valence-corrected chi connectivity index (χ1v) is 10.4. The Bertz CT molecular complexity index is 1030. The summed E-state index contributed by atoms with van der Waals surface area (Å²) in [6.07, 6.45) is 0. The number of thiophene rings is 1. The van der Waals surface area contributed by atoms with Crippen LogP contribution < -0.4 is 15.5 Å². The minimum atomic E-state index is -0.361. The maximum Gasteiger partial charge on any atom is 0.324 e. The maximum absolute atomic E-state index is 14.0. The Hall–Kier alpha value is -3.39. The molecule has 0 spiro atoms. The van der Waals surface area contributed by atoms with Gasteiger partial charge in [0.15, 0.2) is 0 Å². The molecule has 1 fully saturated rings. The van der Waals surface area contributed by atoms with Gasteiger partial charge in [-0.3, -0.25) is 10.1 Å². The molecule has 0 radical (unpaired) electrons. The lowest BCUT2D eigenvalue weighted by molar-refractivity contribution is 0.0751. The van der Waals surface area contributed by atoms with Crippen molar-refractivity contribution in [2.24, 2.45) is 0 Å². The third kappa shape index (κ3) is 4.60. The van der Waals surface area contributed by atoms with Crippen LogP contribution in [0.15, 0.2) is 66.7 Å². The van der Waals surface area contributed by atoms with E-state index in [1.807, 2.05) is 29.2 Å². The van der Waals surface area contributed by atoms with Gasteiger partial charge in [-0.05, 0) is 36.4 Å². The Morgan fingerprint density at radius 2 is 1.53 bits per heavy atom. The third-order valence-corrected chi connectivity index (χ3v) is 5.83. The number of anilines is 3. The molecule has 1 aliphatic rings. The van der Waals surface area contributed by atoms with Gasteiger partial charge in [0.1, 0.15) is 5.82 Å². The number of carbonyl (C=O) groups is 2. The van der Waals surface area contributed by atoms with E-state index >= 15 is 0 Å². The Balaban J connectivity index is 1.32. The second-order valence-electron chi connectivity index (χ2n) is 6.84. The second-order valence-corrected chi connectivity index (χ2v) is 7.92. The number of benzene rings is 2. The number of piperazine rings is 1. The average molecular weight is 425 g/mol. The van der Waals surface area contributed by atoms with E-state index in [9.17, 15) is 14.0 Å². The van der Waals surface area contributed by atoms with Crippen molar-refractivity contribution in [2.45, 2.75) is 0 Å². The van der Waals surface area contributed by atoms with E-state index in [2.05, 4.69) is 10.6 Å². The standard InChI is InChI=1S/C22H21FN4O2S/c23-17-8-4-5-9-18(17)26-12-14-27(15-13-26)21(28)19-10-11-20(30-19)25-22(29)24-16-6-2-1-3-7-16/h1-11H,12-15H2,(H2,24,25,29). The molecule has 1 saturated heterocycles. The molecular weight excluding hydrogens is 403 g/mol. The highest BCUT2D eigenvalue weighted by Crippen LogP contribution is 2.25. The van der Waals surface area contributed by atoms with Crippen molar-refractivity contribution in [1.29, 1.82) is 0 Å². The molecule has 2 N–H and O–H groups in total. The number of carbonyl (C=O) groups excluding carboxylic acids is 2. The molecule has 0 aliphatic carbocycles. The number of para-hydroxylation sites is 2. The lowest BCUT2D eigenvalue weighted by atomic mass is 10.2.